The zero-order chi connectivity index (χ0) is 14.0. The molecule has 106 valence electrons. The highest BCUT2D eigenvalue weighted by atomic mass is 32.1. The highest BCUT2D eigenvalue weighted by Gasteiger charge is 2.34. The van der Waals surface area contributed by atoms with Crippen LogP contribution in [0.1, 0.15) is 52.9 Å². The summed E-state index contributed by atoms with van der Waals surface area (Å²) in [5.74, 6) is 0.605. The minimum atomic E-state index is 0.276. The van der Waals surface area contributed by atoms with Gasteiger partial charge in [-0.1, -0.05) is 31.9 Å². The fourth-order valence-electron chi connectivity index (χ4n) is 3.39. The molecule has 0 aromatic carbocycles. The van der Waals surface area contributed by atoms with Crippen LogP contribution in [0.25, 0.3) is 0 Å². The molecule has 0 spiro atoms. The highest BCUT2D eigenvalue weighted by Crippen LogP contribution is 2.48. The molecule has 2 rings (SSSR count). The van der Waals surface area contributed by atoms with Gasteiger partial charge in [0, 0.05) is 6.20 Å². The normalized spacial score (nSPS) is 27.9. The zero-order valence-electron chi connectivity index (χ0n) is 12.2. The van der Waals surface area contributed by atoms with Crippen molar-refractivity contribution in [1.29, 1.82) is 0 Å². The zero-order valence-corrected chi connectivity index (χ0v) is 13.0. The number of rotatable bonds is 2. The second-order valence-corrected chi connectivity index (χ2v) is 6.89. The molecular formula is C15H25N3S. The van der Waals surface area contributed by atoms with Gasteiger partial charge >= 0.3 is 0 Å². The molecule has 2 aliphatic carbocycles. The van der Waals surface area contributed by atoms with Gasteiger partial charge in [-0.15, -0.1) is 0 Å². The summed E-state index contributed by atoms with van der Waals surface area (Å²) in [4.78, 5) is 0. The summed E-state index contributed by atoms with van der Waals surface area (Å²) in [6.45, 7) is 7.07. The van der Waals surface area contributed by atoms with Crippen molar-refractivity contribution in [3.8, 4) is 0 Å². The second-order valence-electron chi connectivity index (χ2n) is 6.45. The average molecular weight is 279 g/mol. The van der Waals surface area contributed by atoms with E-state index in [2.05, 4.69) is 31.6 Å². The number of hydrazine groups is 1. The molecule has 0 bridgehead atoms. The van der Waals surface area contributed by atoms with E-state index in [-0.39, 0.29) is 5.11 Å². The SMILES string of the molecule is CC1CC2=C(CC1=CNNC(N)=S)C(C)(C)CCC2. The molecule has 0 saturated carbocycles. The van der Waals surface area contributed by atoms with Crippen LogP contribution in [0.5, 0.6) is 0 Å². The molecule has 0 amide bonds. The summed E-state index contributed by atoms with van der Waals surface area (Å²) < 4.78 is 0. The van der Waals surface area contributed by atoms with Crippen LogP contribution in [-0.4, -0.2) is 5.11 Å². The van der Waals surface area contributed by atoms with Crippen molar-refractivity contribution in [1.82, 2.24) is 10.9 Å². The van der Waals surface area contributed by atoms with Crippen LogP contribution < -0.4 is 16.6 Å². The first kappa shape index (κ1) is 14.4. The molecule has 2 aliphatic rings. The molecule has 1 unspecified atom stereocenters. The Morgan fingerprint density at radius 3 is 2.89 bits per heavy atom. The van der Waals surface area contributed by atoms with E-state index in [0.717, 1.165) is 6.42 Å². The fraction of sp³-hybridized carbons (Fsp3) is 0.667. The van der Waals surface area contributed by atoms with Crippen molar-refractivity contribution in [2.24, 2.45) is 17.1 Å². The topological polar surface area (TPSA) is 50.1 Å². The van der Waals surface area contributed by atoms with Crippen LogP contribution in [0.2, 0.25) is 0 Å². The van der Waals surface area contributed by atoms with Crippen molar-refractivity contribution >= 4 is 17.3 Å². The van der Waals surface area contributed by atoms with Gasteiger partial charge in [-0.3, -0.25) is 5.43 Å². The molecule has 1 atom stereocenters. The minimum Gasteiger partial charge on any atom is -0.375 e. The van der Waals surface area contributed by atoms with E-state index in [1.54, 1.807) is 11.1 Å². The van der Waals surface area contributed by atoms with Crippen LogP contribution in [0, 0.1) is 11.3 Å². The van der Waals surface area contributed by atoms with Gasteiger partial charge in [-0.25, -0.2) is 0 Å². The highest BCUT2D eigenvalue weighted by molar-refractivity contribution is 7.80. The number of nitrogens with one attached hydrogen (secondary N) is 2. The maximum absolute atomic E-state index is 5.41. The Morgan fingerprint density at radius 2 is 2.21 bits per heavy atom. The van der Waals surface area contributed by atoms with Crippen molar-refractivity contribution in [2.75, 3.05) is 0 Å². The molecule has 0 fully saturated rings. The summed E-state index contributed by atoms with van der Waals surface area (Å²) in [6.07, 6.45) is 8.30. The molecule has 0 aromatic rings. The Balaban J connectivity index is 2.14. The quantitative estimate of drug-likeness (QED) is 0.413. The molecular weight excluding hydrogens is 254 g/mol. The lowest BCUT2D eigenvalue weighted by Crippen LogP contribution is -2.38. The minimum absolute atomic E-state index is 0.276. The van der Waals surface area contributed by atoms with E-state index in [9.17, 15) is 0 Å². The molecule has 3 nitrogen and oxygen atoms in total. The molecule has 0 aliphatic heterocycles. The third-order valence-corrected chi connectivity index (χ3v) is 4.65. The Kier molecular flexibility index (Phi) is 4.19. The van der Waals surface area contributed by atoms with Crippen molar-refractivity contribution in [3.05, 3.63) is 22.9 Å². The van der Waals surface area contributed by atoms with E-state index >= 15 is 0 Å². The fourth-order valence-corrected chi connectivity index (χ4v) is 3.44. The standard InChI is InChI=1S/C15H25N3S/c1-10-7-11-5-4-6-15(2,3)13(11)8-12(10)9-17-18-14(16)19/h9-10,17H,4-8H2,1-3H3,(H3,16,18,19). The third kappa shape index (κ3) is 3.30. The first-order chi connectivity index (χ1) is 8.90. The smallest absolute Gasteiger partial charge is 0.182 e. The molecule has 0 heterocycles. The van der Waals surface area contributed by atoms with E-state index in [4.69, 9.17) is 18.0 Å². The predicted molar refractivity (Wildman–Crippen MR) is 84.2 cm³/mol. The lowest BCUT2D eigenvalue weighted by Gasteiger charge is -2.40. The van der Waals surface area contributed by atoms with Crippen molar-refractivity contribution in [2.45, 2.75) is 52.9 Å². The van der Waals surface area contributed by atoms with Gasteiger partial charge < -0.3 is 11.2 Å². The van der Waals surface area contributed by atoms with E-state index in [1.807, 2.05) is 6.20 Å². The van der Waals surface area contributed by atoms with Gasteiger partial charge in [0.1, 0.15) is 0 Å². The van der Waals surface area contributed by atoms with Crippen LogP contribution in [0.3, 0.4) is 0 Å². The Morgan fingerprint density at radius 1 is 1.47 bits per heavy atom. The Labute approximate surface area is 121 Å². The second kappa shape index (κ2) is 5.53. The Hall–Kier alpha value is -1.03. The van der Waals surface area contributed by atoms with Crippen LogP contribution in [0.15, 0.2) is 22.9 Å². The number of hydrogen-bond donors (Lipinski definition) is 3. The van der Waals surface area contributed by atoms with Crippen LogP contribution >= 0.6 is 12.2 Å². The molecule has 4 heteroatoms. The monoisotopic (exact) mass is 279 g/mol. The van der Waals surface area contributed by atoms with E-state index < -0.39 is 0 Å². The largest absolute Gasteiger partial charge is 0.375 e. The third-order valence-electron chi connectivity index (χ3n) is 4.54. The molecule has 19 heavy (non-hydrogen) atoms. The van der Waals surface area contributed by atoms with E-state index in [1.165, 1.54) is 31.3 Å². The number of thiocarbonyl (C=S) groups is 1. The van der Waals surface area contributed by atoms with Crippen molar-refractivity contribution in [3.63, 3.8) is 0 Å². The summed E-state index contributed by atoms with van der Waals surface area (Å²) in [5.41, 5.74) is 16.4. The van der Waals surface area contributed by atoms with Gasteiger partial charge in [-0.2, -0.15) is 0 Å². The van der Waals surface area contributed by atoms with Gasteiger partial charge in [-0.05, 0) is 61.2 Å². The van der Waals surface area contributed by atoms with Gasteiger partial charge in [0.05, 0.1) is 0 Å². The molecule has 4 N–H and O–H groups in total. The Bertz CT molecular complexity index is 435. The number of nitrogens with two attached hydrogens (primary N) is 1. The summed E-state index contributed by atoms with van der Waals surface area (Å²) in [7, 11) is 0. The summed E-state index contributed by atoms with van der Waals surface area (Å²) in [6, 6.07) is 0. The maximum Gasteiger partial charge on any atom is 0.182 e. The first-order valence-corrected chi connectivity index (χ1v) is 7.52. The average Bonchev–Trinajstić information content (AvgIpc) is 2.29. The van der Waals surface area contributed by atoms with E-state index in [0.29, 0.717) is 11.3 Å². The van der Waals surface area contributed by atoms with Gasteiger partial charge in [0.25, 0.3) is 0 Å². The van der Waals surface area contributed by atoms with Crippen molar-refractivity contribution < 1.29 is 0 Å². The van der Waals surface area contributed by atoms with Crippen LogP contribution in [-0.2, 0) is 0 Å². The number of hydrogen-bond acceptors (Lipinski definition) is 2. The molecule has 0 radical (unpaired) electrons. The lowest BCUT2D eigenvalue weighted by atomic mass is 9.65. The summed E-state index contributed by atoms with van der Waals surface area (Å²) >= 11 is 4.79. The van der Waals surface area contributed by atoms with Gasteiger partial charge in [0.2, 0.25) is 0 Å². The van der Waals surface area contributed by atoms with Gasteiger partial charge in [0.15, 0.2) is 5.11 Å². The molecule has 0 aromatic heterocycles. The first-order valence-electron chi connectivity index (χ1n) is 7.11. The lowest BCUT2D eigenvalue weighted by molar-refractivity contribution is 0.338. The molecule has 0 saturated heterocycles. The number of allylic oxidation sites excluding steroid dienone is 3. The maximum atomic E-state index is 5.41. The summed E-state index contributed by atoms with van der Waals surface area (Å²) in [5, 5.41) is 0.276. The van der Waals surface area contributed by atoms with Crippen LogP contribution in [0.4, 0.5) is 0 Å². The predicted octanol–water partition coefficient (Wildman–Crippen LogP) is 3.14.